The van der Waals surface area contributed by atoms with Crippen molar-refractivity contribution in [1.29, 1.82) is 0 Å². The van der Waals surface area contributed by atoms with Crippen molar-refractivity contribution < 1.29 is 13.7 Å². The van der Waals surface area contributed by atoms with Gasteiger partial charge in [0.05, 0.1) is 7.11 Å². The molecule has 0 amide bonds. The van der Waals surface area contributed by atoms with Gasteiger partial charge in [0, 0.05) is 18.5 Å². The maximum atomic E-state index is 13.5. The van der Waals surface area contributed by atoms with Crippen molar-refractivity contribution in [3.63, 3.8) is 0 Å². The van der Waals surface area contributed by atoms with E-state index < -0.39 is 5.82 Å². The third-order valence-electron chi connectivity index (χ3n) is 2.24. The molecule has 0 aliphatic rings. The Morgan fingerprint density at radius 1 is 1.47 bits per heavy atom. The topological polar surface area (TPSA) is 74.2 Å². The molecule has 6 heteroatoms. The fraction of sp³-hybridized carbons (Fsp3) is 0.273. The maximum Gasteiger partial charge on any atom is 0.228 e. The molecule has 2 rings (SSSR count). The molecular formula is C11H12FN3O2. The smallest absolute Gasteiger partial charge is 0.228 e. The first-order chi connectivity index (χ1) is 8.24. The minimum atomic E-state index is -0.463. The van der Waals surface area contributed by atoms with Gasteiger partial charge in [0.15, 0.2) is 11.6 Å². The summed E-state index contributed by atoms with van der Waals surface area (Å²) in [5.41, 5.74) is 5.90. The van der Waals surface area contributed by atoms with Crippen molar-refractivity contribution in [3.8, 4) is 17.1 Å². The Morgan fingerprint density at radius 3 is 2.94 bits per heavy atom. The zero-order chi connectivity index (χ0) is 12.3. The number of halogens is 1. The zero-order valence-corrected chi connectivity index (χ0v) is 9.31. The molecule has 0 radical (unpaired) electrons. The summed E-state index contributed by atoms with van der Waals surface area (Å²) in [5, 5.41) is 3.75. The number of ether oxygens (including phenoxy) is 1. The predicted octanol–water partition coefficient (Wildman–Crippen LogP) is 1.39. The third kappa shape index (κ3) is 2.42. The number of rotatable bonds is 4. The summed E-state index contributed by atoms with van der Waals surface area (Å²) in [4.78, 5) is 4.10. The molecule has 0 aliphatic carbocycles. The molecule has 5 nitrogen and oxygen atoms in total. The van der Waals surface area contributed by atoms with Gasteiger partial charge in [-0.25, -0.2) is 4.39 Å². The van der Waals surface area contributed by atoms with Gasteiger partial charge in [-0.05, 0) is 18.2 Å². The highest BCUT2D eigenvalue weighted by atomic mass is 19.1. The van der Waals surface area contributed by atoms with Crippen molar-refractivity contribution in [1.82, 2.24) is 10.1 Å². The molecule has 0 saturated heterocycles. The summed E-state index contributed by atoms with van der Waals surface area (Å²) in [6.07, 6.45) is 0.506. The summed E-state index contributed by atoms with van der Waals surface area (Å²) in [6, 6.07) is 4.48. The molecular weight excluding hydrogens is 225 g/mol. The number of aromatic nitrogens is 2. The van der Waals surface area contributed by atoms with Crippen LogP contribution in [0.1, 0.15) is 5.89 Å². The molecule has 0 bridgehead atoms. The Hall–Kier alpha value is -1.95. The van der Waals surface area contributed by atoms with E-state index in [1.165, 1.54) is 19.2 Å². The summed E-state index contributed by atoms with van der Waals surface area (Å²) in [6.45, 7) is 0.429. The quantitative estimate of drug-likeness (QED) is 0.869. The fourth-order valence-electron chi connectivity index (χ4n) is 1.40. The van der Waals surface area contributed by atoms with Crippen LogP contribution in [0.4, 0.5) is 4.39 Å². The van der Waals surface area contributed by atoms with Crippen LogP contribution in [0.25, 0.3) is 11.4 Å². The average Bonchev–Trinajstić information content (AvgIpc) is 2.78. The molecule has 1 heterocycles. The van der Waals surface area contributed by atoms with E-state index in [0.717, 1.165) is 0 Å². The number of nitrogens with zero attached hydrogens (tertiary/aromatic N) is 2. The Labute approximate surface area is 97.4 Å². The minimum absolute atomic E-state index is 0.180. The van der Waals surface area contributed by atoms with Gasteiger partial charge < -0.3 is 15.0 Å². The molecule has 17 heavy (non-hydrogen) atoms. The highest BCUT2D eigenvalue weighted by molar-refractivity contribution is 5.56. The van der Waals surface area contributed by atoms with Gasteiger partial charge >= 0.3 is 0 Å². The van der Waals surface area contributed by atoms with Crippen LogP contribution in [-0.4, -0.2) is 23.8 Å². The van der Waals surface area contributed by atoms with Crippen LogP contribution in [0.5, 0.6) is 5.75 Å². The maximum absolute atomic E-state index is 13.5. The second-order valence-electron chi connectivity index (χ2n) is 3.40. The lowest BCUT2D eigenvalue weighted by Gasteiger charge is -2.01. The highest BCUT2D eigenvalue weighted by Gasteiger charge is 2.10. The van der Waals surface area contributed by atoms with Gasteiger partial charge in [0.1, 0.15) is 0 Å². The third-order valence-corrected chi connectivity index (χ3v) is 2.24. The van der Waals surface area contributed by atoms with Crippen molar-refractivity contribution in [2.45, 2.75) is 6.42 Å². The highest BCUT2D eigenvalue weighted by Crippen LogP contribution is 2.23. The van der Waals surface area contributed by atoms with E-state index in [1.807, 2.05) is 0 Å². The van der Waals surface area contributed by atoms with Crippen LogP contribution < -0.4 is 10.5 Å². The van der Waals surface area contributed by atoms with Crippen LogP contribution in [0, 0.1) is 5.82 Å². The molecule has 1 aromatic carbocycles. The summed E-state index contributed by atoms with van der Waals surface area (Å²) in [5.74, 6) is 0.503. The van der Waals surface area contributed by atoms with Crippen molar-refractivity contribution in [2.75, 3.05) is 13.7 Å². The fourth-order valence-corrected chi connectivity index (χ4v) is 1.40. The van der Waals surface area contributed by atoms with Gasteiger partial charge in [0.25, 0.3) is 0 Å². The first-order valence-electron chi connectivity index (χ1n) is 5.11. The van der Waals surface area contributed by atoms with E-state index in [2.05, 4.69) is 10.1 Å². The van der Waals surface area contributed by atoms with Crippen LogP contribution in [0.3, 0.4) is 0 Å². The van der Waals surface area contributed by atoms with Gasteiger partial charge in [-0.3, -0.25) is 0 Å². The van der Waals surface area contributed by atoms with Gasteiger partial charge in [0.2, 0.25) is 11.7 Å². The van der Waals surface area contributed by atoms with Crippen molar-refractivity contribution in [3.05, 3.63) is 29.9 Å². The predicted molar refractivity (Wildman–Crippen MR) is 59.0 cm³/mol. The molecule has 0 unspecified atom stereocenters. The first kappa shape index (κ1) is 11.5. The summed E-state index contributed by atoms with van der Waals surface area (Å²) >= 11 is 0. The number of hydrogen-bond donors (Lipinski definition) is 1. The molecule has 0 atom stereocenters. The zero-order valence-electron chi connectivity index (χ0n) is 9.31. The summed E-state index contributed by atoms with van der Waals surface area (Å²) < 4.78 is 23.2. The van der Waals surface area contributed by atoms with Crippen LogP contribution in [-0.2, 0) is 6.42 Å². The average molecular weight is 237 g/mol. The van der Waals surface area contributed by atoms with Gasteiger partial charge in [-0.2, -0.15) is 4.98 Å². The Kier molecular flexibility index (Phi) is 3.34. The normalized spacial score (nSPS) is 10.5. The lowest BCUT2D eigenvalue weighted by atomic mass is 10.2. The van der Waals surface area contributed by atoms with E-state index in [9.17, 15) is 4.39 Å². The Balaban J connectivity index is 2.29. The lowest BCUT2D eigenvalue weighted by Crippen LogP contribution is -2.02. The molecule has 90 valence electrons. The summed E-state index contributed by atoms with van der Waals surface area (Å²) in [7, 11) is 1.41. The number of hydrogen-bond acceptors (Lipinski definition) is 5. The van der Waals surface area contributed by atoms with E-state index in [4.69, 9.17) is 15.0 Å². The van der Waals surface area contributed by atoms with Gasteiger partial charge in [-0.1, -0.05) is 5.16 Å². The van der Waals surface area contributed by atoms with Crippen LogP contribution >= 0.6 is 0 Å². The molecule has 0 aliphatic heterocycles. The monoisotopic (exact) mass is 237 g/mol. The number of methoxy groups -OCH3 is 1. The van der Waals surface area contributed by atoms with Crippen molar-refractivity contribution >= 4 is 0 Å². The largest absolute Gasteiger partial charge is 0.494 e. The second kappa shape index (κ2) is 4.92. The molecule has 0 saturated carbocycles. The van der Waals surface area contributed by atoms with E-state index in [-0.39, 0.29) is 5.75 Å². The molecule has 1 aromatic heterocycles. The van der Waals surface area contributed by atoms with E-state index in [1.54, 1.807) is 6.07 Å². The first-order valence-corrected chi connectivity index (χ1v) is 5.11. The number of benzene rings is 1. The van der Waals surface area contributed by atoms with Crippen LogP contribution in [0.2, 0.25) is 0 Å². The van der Waals surface area contributed by atoms with Crippen LogP contribution in [0.15, 0.2) is 22.7 Å². The SMILES string of the molecule is COc1ccc(-c2noc(CCN)n2)cc1F. The molecule has 0 fully saturated rings. The Bertz CT molecular complexity index is 513. The van der Waals surface area contributed by atoms with E-state index >= 15 is 0 Å². The number of nitrogens with two attached hydrogens (primary N) is 1. The lowest BCUT2D eigenvalue weighted by molar-refractivity contribution is 0.380. The van der Waals surface area contributed by atoms with Gasteiger partial charge in [-0.15, -0.1) is 0 Å². The Morgan fingerprint density at radius 2 is 2.29 bits per heavy atom. The van der Waals surface area contributed by atoms with Crippen molar-refractivity contribution in [2.24, 2.45) is 5.73 Å². The second-order valence-corrected chi connectivity index (χ2v) is 3.40. The molecule has 2 aromatic rings. The standard InChI is InChI=1S/C11H12FN3O2/c1-16-9-3-2-7(6-8(9)12)11-14-10(4-5-13)17-15-11/h2-3,6H,4-5,13H2,1H3. The van der Waals surface area contributed by atoms with E-state index in [0.29, 0.717) is 30.2 Å². The molecule has 2 N–H and O–H groups in total. The minimum Gasteiger partial charge on any atom is -0.494 e. The molecule has 0 spiro atoms.